The molecule has 0 spiro atoms. The van der Waals surface area contributed by atoms with E-state index < -0.39 is 23.7 Å². The zero-order valence-corrected chi connectivity index (χ0v) is 19.8. The molecule has 1 amide bonds. The molecule has 0 saturated carbocycles. The molecular formula is C28H25F3N4O. The second-order valence-electron chi connectivity index (χ2n) is 9.24. The van der Waals surface area contributed by atoms with Gasteiger partial charge >= 0.3 is 0 Å². The minimum atomic E-state index is -3.06. The van der Waals surface area contributed by atoms with Gasteiger partial charge in [-0.3, -0.25) is 9.69 Å². The quantitative estimate of drug-likeness (QED) is 0.560. The fraction of sp³-hybridized carbons (Fsp3) is 0.286. The highest BCUT2D eigenvalue weighted by atomic mass is 19.3. The average Bonchev–Trinajstić information content (AvgIpc) is 3.14. The number of carbonyl (C=O) groups excluding carboxylic acids is 1. The Morgan fingerprint density at radius 1 is 1.08 bits per heavy atom. The van der Waals surface area contributed by atoms with Crippen LogP contribution < -0.4 is 5.73 Å². The number of rotatable bonds is 3. The molecule has 1 aliphatic heterocycles. The Kier molecular flexibility index (Phi) is 6.29. The number of hydrogen-bond acceptors (Lipinski definition) is 4. The van der Waals surface area contributed by atoms with Gasteiger partial charge in [0.05, 0.1) is 5.56 Å². The van der Waals surface area contributed by atoms with Crippen molar-refractivity contribution in [2.24, 2.45) is 5.73 Å². The minimum absolute atomic E-state index is 0.0126. The van der Waals surface area contributed by atoms with Crippen LogP contribution in [0.4, 0.5) is 13.2 Å². The Bertz CT molecular complexity index is 1370. The summed E-state index contributed by atoms with van der Waals surface area (Å²) in [5.74, 6) is 1.00. The van der Waals surface area contributed by atoms with Crippen LogP contribution in [0, 0.1) is 17.7 Å². The van der Waals surface area contributed by atoms with Gasteiger partial charge in [0.2, 0.25) is 5.91 Å². The number of nitrogens with zero attached hydrogens (tertiary/aromatic N) is 3. The van der Waals surface area contributed by atoms with Crippen molar-refractivity contribution in [3.8, 4) is 23.0 Å². The number of aromatic nitrogens is 1. The van der Waals surface area contributed by atoms with E-state index in [9.17, 15) is 4.79 Å². The maximum atomic E-state index is 15.3. The van der Waals surface area contributed by atoms with Crippen LogP contribution in [-0.4, -0.2) is 53.9 Å². The van der Waals surface area contributed by atoms with Crippen LogP contribution >= 0.6 is 0 Å². The number of fused-ring (bicyclic) bond motifs is 1. The molecule has 2 heterocycles. The number of hydrogen-bond donors (Lipinski definition) is 1. The molecule has 1 aliphatic carbocycles. The number of primary amides is 1. The van der Waals surface area contributed by atoms with Gasteiger partial charge in [-0.25, -0.2) is 18.2 Å². The molecule has 5 rings (SSSR count). The molecule has 0 radical (unpaired) electrons. The Morgan fingerprint density at radius 2 is 1.86 bits per heavy atom. The van der Waals surface area contributed by atoms with E-state index >= 15 is 13.2 Å². The van der Waals surface area contributed by atoms with Crippen molar-refractivity contribution in [2.45, 2.75) is 18.4 Å². The van der Waals surface area contributed by atoms with Gasteiger partial charge in [-0.05, 0) is 54.4 Å². The predicted molar refractivity (Wildman–Crippen MR) is 131 cm³/mol. The second-order valence-corrected chi connectivity index (χ2v) is 9.24. The molecule has 5 nitrogen and oxygen atoms in total. The Morgan fingerprint density at radius 3 is 2.56 bits per heavy atom. The molecule has 36 heavy (non-hydrogen) atoms. The van der Waals surface area contributed by atoms with E-state index in [1.807, 2.05) is 7.05 Å². The van der Waals surface area contributed by atoms with Crippen LogP contribution in [0.15, 0.2) is 54.7 Å². The van der Waals surface area contributed by atoms with E-state index in [0.29, 0.717) is 24.3 Å². The van der Waals surface area contributed by atoms with E-state index in [4.69, 9.17) is 5.73 Å². The highest BCUT2D eigenvalue weighted by molar-refractivity contribution is 6.01. The molecule has 1 fully saturated rings. The third kappa shape index (κ3) is 4.48. The first-order valence-corrected chi connectivity index (χ1v) is 11.7. The molecule has 1 atom stereocenters. The molecular weight excluding hydrogens is 465 g/mol. The van der Waals surface area contributed by atoms with Crippen molar-refractivity contribution in [3.05, 3.63) is 88.5 Å². The lowest BCUT2D eigenvalue weighted by molar-refractivity contribution is -0.0257. The molecule has 0 bridgehead atoms. The Hall–Kier alpha value is -3.67. The lowest BCUT2D eigenvalue weighted by Crippen LogP contribution is -2.45. The average molecular weight is 491 g/mol. The number of carbonyl (C=O) groups is 1. The molecule has 1 aromatic heterocycles. The highest BCUT2D eigenvalue weighted by Gasteiger charge is 2.47. The number of pyridine rings is 1. The summed E-state index contributed by atoms with van der Waals surface area (Å²) >= 11 is 0. The predicted octanol–water partition coefficient (Wildman–Crippen LogP) is 4.17. The molecule has 8 heteroatoms. The summed E-state index contributed by atoms with van der Waals surface area (Å²) in [6, 6.07) is 11.8. The lowest BCUT2D eigenvalue weighted by atomic mass is 9.91. The van der Waals surface area contributed by atoms with E-state index in [0.717, 1.165) is 19.2 Å². The van der Waals surface area contributed by atoms with Gasteiger partial charge in [0, 0.05) is 61.5 Å². The van der Waals surface area contributed by atoms with Crippen LogP contribution in [0.3, 0.4) is 0 Å². The second kappa shape index (κ2) is 9.41. The summed E-state index contributed by atoms with van der Waals surface area (Å²) in [6.45, 7) is 3.06. The van der Waals surface area contributed by atoms with Crippen LogP contribution in [0.25, 0.3) is 11.1 Å². The van der Waals surface area contributed by atoms with E-state index in [1.165, 1.54) is 12.1 Å². The number of likely N-dealkylation sites (N-methyl/N-ethyl adjacent to an activating group) is 1. The number of piperazine rings is 1. The molecule has 184 valence electrons. The van der Waals surface area contributed by atoms with Gasteiger partial charge in [-0.15, -0.1) is 0 Å². The number of halogens is 3. The molecule has 2 aliphatic rings. The summed E-state index contributed by atoms with van der Waals surface area (Å²) in [5.41, 5.74) is 6.75. The largest absolute Gasteiger partial charge is 0.366 e. The highest BCUT2D eigenvalue weighted by Crippen LogP contribution is 2.51. The van der Waals surface area contributed by atoms with Gasteiger partial charge in [-0.1, -0.05) is 24.1 Å². The maximum Gasteiger partial charge on any atom is 0.275 e. The topological polar surface area (TPSA) is 62.5 Å². The normalized spacial score (nSPS) is 19.4. The standard InChI is InChI=1S/C28H25F3N4O/c1-34-12-14-35(15-13-34)25-17-28(30,31)23-16-18(5-7-20(23)25)26-21(8-6-19-4-2-3-11-33-19)24(29)10-9-22(26)27(32)36/h2-5,7,9-11,16,25H,12-15,17H2,1H3,(H2,32,36). The van der Waals surface area contributed by atoms with Crippen LogP contribution in [0.5, 0.6) is 0 Å². The molecule has 1 unspecified atom stereocenters. The first-order chi connectivity index (χ1) is 17.2. The Balaban J connectivity index is 1.62. The first kappa shape index (κ1) is 24.0. The number of benzene rings is 2. The van der Waals surface area contributed by atoms with Crippen LogP contribution in [0.1, 0.15) is 45.2 Å². The molecule has 2 aromatic carbocycles. The minimum Gasteiger partial charge on any atom is -0.366 e. The van der Waals surface area contributed by atoms with Crippen molar-refractivity contribution in [3.63, 3.8) is 0 Å². The van der Waals surface area contributed by atoms with Gasteiger partial charge in [0.15, 0.2) is 0 Å². The smallest absolute Gasteiger partial charge is 0.275 e. The van der Waals surface area contributed by atoms with Crippen LogP contribution in [0.2, 0.25) is 0 Å². The molecule has 2 N–H and O–H groups in total. The third-order valence-electron chi connectivity index (χ3n) is 6.92. The lowest BCUT2D eigenvalue weighted by Gasteiger charge is -2.36. The first-order valence-electron chi connectivity index (χ1n) is 11.7. The van der Waals surface area contributed by atoms with Gasteiger partial charge in [0.25, 0.3) is 5.92 Å². The summed E-state index contributed by atoms with van der Waals surface area (Å²) in [5, 5.41) is 0. The van der Waals surface area contributed by atoms with Crippen molar-refractivity contribution < 1.29 is 18.0 Å². The number of nitrogens with two attached hydrogens (primary N) is 1. The van der Waals surface area contributed by atoms with Gasteiger partial charge < -0.3 is 10.6 Å². The van der Waals surface area contributed by atoms with Crippen LogP contribution in [-0.2, 0) is 5.92 Å². The van der Waals surface area contributed by atoms with Gasteiger partial charge in [0.1, 0.15) is 11.5 Å². The number of alkyl halides is 2. The molecule has 3 aromatic rings. The summed E-state index contributed by atoms with van der Waals surface area (Å²) in [7, 11) is 2.02. The summed E-state index contributed by atoms with van der Waals surface area (Å²) < 4.78 is 45.6. The Labute approximate surface area is 207 Å². The van der Waals surface area contributed by atoms with E-state index in [2.05, 4.69) is 26.6 Å². The fourth-order valence-corrected chi connectivity index (χ4v) is 5.01. The van der Waals surface area contributed by atoms with Crippen molar-refractivity contribution in [2.75, 3.05) is 33.2 Å². The van der Waals surface area contributed by atoms with E-state index in [1.54, 1.807) is 36.5 Å². The van der Waals surface area contributed by atoms with Gasteiger partial charge in [-0.2, -0.15) is 0 Å². The zero-order valence-electron chi connectivity index (χ0n) is 19.8. The SMILES string of the molecule is CN1CCN(C2CC(F)(F)c3cc(-c4c(C(N)=O)ccc(F)c4C#Cc4ccccn4)ccc32)CC1. The molecule has 1 saturated heterocycles. The van der Waals surface area contributed by atoms with Crippen molar-refractivity contribution >= 4 is 5.91 Å². The van der Waals surface area contributed by atoms with Crippen molar-refractivity contribution in [1.82, 2.24) is 14.8 Å². The maximum absolute atomic E-state index is 15.3. The monoisotopic (exact) mass is 490 g/mol. The third-order valence-corrected chi connectivity index (χ3v) is 6.92. The summed E-state index contributed by atoms with van der Waals surface area (Å²) in [4.78, 5) is 20.6. The zero-order chi connectivity index (χ0) is 25.4. The number of amides is 1. The van der Waals surface area contributed by atoms with Crippen molar-refractivity contribution in [1.29, 1.82) is 0 Å². The summed E-state index contributed by atoms with van der Waals surface area (Å²) in [6.07, 6.45) is 1.24. The fourth-order valence-electron chi connectivity index (χ4n) is 5.01. The van der Waals surface area contributed by atoms with E-state index in [-0.39, 0.29) is 34.2 Å².